The highest BCUT2D eigenvalue weighted by atomic mass is 35.5. The Balaban J connectivity index is 1.55. The molecule has 2 aliphatic heterocycles. The molecule has 0 aliphatic carbocycles. The predicted molar refractivity (Wildman–Crippen MR) is 83.0 cm³/mol. The number of piperazine rings is 1. The van der Waals surface area contributed by atoms with Crippen molar-refractivity contribution in [3.8, 4) is 0 Å². The first-order valence-corrected chi connectivity index (χ1v) is 8.37. The van der Waals surface area contributed by atoms with Gasteiger partial charge in [0, 0.05) is 32.6 Å². The summed E-state index contributed by atoms with van der Waals surface area (Å²) in [6.45, 7) is 1.99. The molecule has 0 bridgehead atoms. The van der Waals surface area contributed by atoms with Crippen LogP contribution in [-0.4, -0.2) is 59.7 Å². The van der Waals surface area contributed by atoms with Gasteiger partial charge in [-0.3, -0.25) is 14.4 Å². The van der Waals surface area contributed by atoms with Crippen LogP contribution in [0.1, 0.15) is 22.5 Å². The summed E-state index contributed by atoms with van der Waals surface area (Å²) in [5, 5.41) is 2.69. The van der Waals surface area contributed by atoms with E-state index < -0.39 is 6.04 Å². The second kappa shape index (κ2) is 6.26. The number of thiophene rings is 1. The SMILES string of the molecule is O=C1CCC(C(=O)N2CCN(C(=O)c3ccc(Cl)s3)CC2)N1. The van der Waals surface area contributed by atoms with E-state index in [9.17, 15) is 14.4 Å². The Morgan fingerprint density at radius 3 is 2.41 bits per heavy atom. The van der Waals surface area contributed by atoms with Gasteiger partial charge in [-0.2, -0.15) is 0 Å². The van der Waals surface area contributed by atoms with Crippen LogP contribution in [0.15, 0.2) is 12.1 Å². The average molecular weight is 342 g/mol. The predicted octanol–water partition coefficient (Wildman–Crippen LogP) is 0.964. The third-order valence-electron chi connectivity index (χ3n) is 3.96. The maximum absolute atomic E-state index is 12.3. The molecule has 0 spiro atoms. The Morgan fingerprint density at radius 1 is 1.18 bits per heavy atom. The van der Waals surface area contributed by atoms with E-state index in [4.69, 9.17) is 11.6 Å². The molecule has 1 N–H and O–H groups in total. The molecule has 1 unspecified atom stereocenters. The molecule has 3 amide bonds. The maximum Gasteiger partial charge on any atom is 0.264 e. The lowest BCUT2D eigenvalue weighted by molar-refractivity contribution is -0.135. The Morgan fingerprint density at radius 2 is 1.86 bits per heavy atom. The first kappa shape index (κ1) is 15.3. The van der Waals surface area contributed by atoms with Crippen LogP contribution in [0, 0.1) is 0 Å². The summed E-state index contributed by atoms with van der Waals surface area (Å²) < 4.78 is 0.592. The van der Waals surface area contributed by atoms with Crippen molar-refractivity contribution < 1.29 is 14.4 Å². The molecule has 2 saturated heterocycles. The van der Waals surface area contributed by atoms with Gasteiger partial charge in [-0.05, 0) is 18.6 Å². The maximum atomic E-state index is 12.3. The van der Waals surface area contributed by atoms with Crippen molar-refractivity contribution in [2.24, 2.45) is 0 Å². The molecule has 1 atom stereocenters. The third-order valence-corrected chi connectivity index (χ3v) is 5.18. The molecule has 6 nitrogen and oxygen atoms in total. The zero-order valence-corrected chi connectivity index (χ0v) is 13.5. The number of halogens is 1. The van der Waals surface area contributed by atoms with Gasteiger partial charge < -0.3 is 15.1 Å². The van der Waals surface area contributed by atoms with Crippen LogP contribution in [0.25, 0.3) is 0 Å². The smallest absolute Gasteiger partial charge is 0.264 e. The fourth-order valence-corrected chi connectivity index (χ4v) is 3.75. The molecule has 2 fully saturated rings. The lowest BCUT2D eigenvalue weighted by atomic mass is 10.2. The van der Waals surface area contributed by atoms with E-state index in [1.807, 2.05) is 0 Å². The van der Waals surface area contributed by atoms with Gasteiger partial charge in [-0.25, -0.2) is 0 Å². The molecule has 0 saturated carbocycles. The highest BCUT2D eigenvalue weighted by Gasteiger charge is 2.33. The topological polar surface area (TPSA) is 69.7 Å². The summed E-state index contributed by atoms with van der Waals surface area (Å²) in [7, 11) is 0. The average Bonchev–Trinajstić information content (AvgIpc) is 3.14. The Kier molecular flexibility index (Phi) is 4.35. The van der Waals surface area contributed by atoms with Crippen molar-refractivity contribution in [1.29, 1.82) is 0 Å². The van der Waals surface area contributed by atoms with Crippen molar-refractivity contribution in [3.05, 3.63) is 21.3 Å². The molecule has 1 aromatic rings. The summed E-state index contributed by atoms with van der Waals surface area (Å²) in [6, 6.07) is 3.04. The molecule has 1 aromatic heterocycles. The van der Waals surface area contributed by atoms with E-state index in [0.29, 0.717) is 48.2 Å². The molecule has 0 aromatic carbocycles. The molecule has 8 heteroatoms. The van der Waals surface area contributed by atoms with Gasteiger partial charge in [0.2, 0.25) is 11.8 Å². The highest BCUT2D eigenvalue weighted by Crippen LogP contribution is 2.23. The summed E-state index contributed by atoms with van der Waals surface area (Å²) in [5.41, 5.74) is 0. The van der Waals surface area contributed by atoms with Gasteiger partial charge in [-0.15, -0.1) is 11.3 Å². The number of nitrogens with zero attached hydrogens (tertiary/aromatic N) is 2. The summed E-state index contributed by atoms with van der Waals surface area (Å²) in [4.78, 5) is 39.9. The fraction of sp³-hybridized carbons (Fsp3) is 0.500. The molecular weight excluding hydrogens is 326 g/mol. The third kappa shape index (κ3) is 3.10. The Bertz CT molecular complexity index is 610. The molecule has 3 heterocycles. The van der Waals surface area contributed by atoms with Crippen LogP contribution in [0.3, 0.4) is 0 Å². The molecule has 2 aliphatic rings. The molecular formula is C14H16ClN3O3S. The van der Waals surface area contributed by atoms with Gasteiger partial charge >= 0.3 is 0 Å². The van der Waals surface area contributed by atoms with Crippen LogP contribution in [0.4, 0.5) is 0 Å². The second-order valence-electron chi connectivity index (χ2n) is 5.38. The first-order valence-electron chi connectivity index (χ1n) is 7.17. The van der Waals surface area contributed by atoms with Crippen molar-refractivity contribution in [2.75, 3.05) is 26.2 Å². The number of carbonyl (C=O) groups is 3. The number of nitrogens with one attached hydrogen (secondary N) is 1. The van der Waals surface area contributed by atoms with Gasteiger partial charge in [-0.1, -0.05) is 11.6 Å². The minimum atomic E-state index is -0.397. The van der Waals surface area contributed by atoms with E-state index in [1.165, 1.54) is 11.3 Å². The number of hydrogen-bond acceptors (Lipinski definition) is 4. The number of amides is 3. The number of hydrogen-bond donors (Lipinski definition) is 1. The first-order chi connectivity index (χ1) is 10.5. The van der Waals surface area contributed by atoms with E-state index in [2.05, 4.69) is 5.32 Å². The van der Waals surface area contributed by atoms with Crippen LogP contribution in [0.2, 0.25) is 4.34 Å². The van der Waals surface area contributed by atoms with E-state index in [-0.39, 0.29) is 17.7 Å². The van der Waals surface area contributed by atoms with Gasteiger partial charge in [0.05, 0.1) is 9.21 Å². The number of carbonyl (C=O) groups excluding carboxylic acids is 3. The van der Waals surface area contributed by atoms with Crippen molar-refractivity contribution in [2.45, 2.75) is 18.9 Å². The van der Waals surface area contributed by atoms with Crippen LogP contribution >= 0.6 is 22.9 Å². The quantitative estimate of drug-likeness (QED) is 0.871. The van der Waals surface area contributed by atoms with Gasteiger partial charge in [0.1, 0.15) is 6.04 Å². The van der Waals surface area contributed by atoms with Crippen LogP contribution in [-0.2, 0) is 9.59 Å². The lowest BCUT2D eigenvalue weighted by Crippen LogP contribution is -2.54. The van der Waals surface area contributed by atoms with E-state index in [1.54, 1.807) is 21.9 Å². The monoisotopic (exact) mass is 341 g/mol. The highest BCUT2D eigenvalue weighted by molar-refractivity contribution is 7.17. The molecule has 118 valence electrons. The zero-order valence-electron chi connectivity index (χ0n) is 11.9. The fourth-order valence-electron chi connectivity index (χ4n) is 2.73. The van der Waals surface area contributed by atoms with E-state index in [0.717, 1.165) is 0 Å². The van der Waals surface area contributed by atoms with Crippen molar-refractivity contribution in [3.63, 3.8) is 0 Å². The largest absolute Gasteiger partial charge is 0.344 e. The Labute approximate surface area is 137 Å². The molecule has 22 heavy (non-hydrogen) atoms. The normalized spacial score (nSPS) is 21.9. The van der Waals surface area contributed by atoms with Crippen molar-refractivity contribution in [1.82, 2.24) is 15.1 Å². The molecule has 3 rings (SSSR count). The Hall–Kier alpha value is -1.60. The lowest BCUT2D eigenvalue weighted by Gasteiger charge is -2.35. The molecule has 0 radical (unpaired) electrons. The van der Waals surface area contributed by atoms with E-state index >= 15 is 0 Å². The van der Waals surface area contributed by atoms with Crippen LogP contribution in [0.5, 0.6) is 0 Å². The van der Waals surface area contributed by atoms with Gasteiger partial charge in [0.25, 0.3) is 5.91 Å². The minimum Gasteiger partial charge on any atom is -0.344 e. The zero-order chi connectivity index (χ0) is 15.7. The summed E-state index contributed by atoms with van der Waals surface area (Å²) >= 11 is 7.12. The second-order valence-corrected chi connectivity index (χ2v) is 7.10. The number of rotatable bonds is 2. The van der Waals surface area contributed by atoms with Crippen LogP contribution < -0.4 is 5.32 Å². The summed E-state index contributed by atoms with van der Waals surface area (Å²) in [6.07, 6.45) is 0.971. The standard InChI is InChI=1S/C14H16ClN3O3S/c15-11-3-2-10(22-11)14(21)18-7-5-17(6-8-18)13(20)9-1-4-12(19)16-9/h2-3,9H,1,4-8H2,(H,16,19). The minimum absolute atomic E-state index is 0.0434. The summed E-state index contributed by atoms with van der Waals surface area (Å²) in [5.74, 6) is -0.156. The van der Waals surface area contributed by atoms with Gasteiger partial charge in [0.15, 0.2) is 0 Å². The van der Waals surface area contributed by atoms with Crippen molar-refractivity contribution >= 4 is 40.7 Å².